The van der Waals surface area contributed by atoms with Gasteiger partial charge >= 0.3 is 0 Å². The number of furan rings is 1. The summed E-state index contributed by atoms with van der Waals surface area (Å²) in [5.74, 6) is 0.781. The minimum Gasteiger partial charge on any atom is -0.467 e. The molecule has 5 nitrogen and oxygen atoms in total. The van der Waals surface area contributed by atoms with Crippen LogP contribution in [0, 0.1) is 0 Å². The molecule has 0 spiro atoms. The Balaban J connectivity index is 1.98. The Bertz CT molecular complexity index is 317. The van der Waals surface area contributed by atoms with Crippen LogP contribution in [0.25, 0.3) is 0 Å². The third-order valence-electron chi connectivity index (χ3n) is 3.11. The standard InChI is InChI=1S/C15H28N2O3/c1-3-8-17(4-2)9-7-16-11-14(18)12-19-13-15-6-5-10-20-15/h5-6,10,14,16,18H,3-4,7-9,11-13H2,1-2H3. The van der Waals surface area contributed by atoms with Crippen molar-refractivity contribution < 1.29 is 14.3 Å². The Labute approximate surface area is 121 Å². The Hall–Kier alpha value is -0.880. The van der Waals surface area contributed by atoms with Gasteiger partial charge in [0.25, 0.3) is 0 Å². The molecule has 0 aliphatic heterocycles. The van der Waals surface area contributed by atoms with E-state index in [4.69, 9.17) is 9.15 Å². The molecule has 1 heterocycles. The highest BCUT2D eigenvalue weighted by atomic mass is 16.5. The van der Waals surface area contributed by atoms with Crippen molar-refractivity contribution in [1.29, 1.82) is 0 Å². The zero-order valence-corrected chi connectivity index (χ0v) is 12.7. The van der Waals surface area contributed by atoms with Crippen molar-refractivity contribution in [2.24, 2.45) is 0 Å². The molecule has 1 atom stereocenters. The number of aliphatic hydroxyl groups is 1. The topological polar surface area (TPSA) is 57.9 Å². The van der Waals surface area contributed by atoms with Crippen LogP contribution < -0.4 is 5.32 Å². The highest BCUT2D eigenvalue weighted by Crippen LogP contribution is 2.01. The van der Waals surface area contributed by atoms with Crippen LogP contribution in [0.15, 0.2) is 22.8 Å². The summed E-state index contributed by atoms with van der Waals surface area (Å²) < 4.78 is 10.5. The minimum absolute atomic E-state index is 0.320. The van der Waals surface area contributed by atoms with Crippen LogP contribution in [0.5, 0.6) is 0 Å². The first-order valence-electron chi connectivity index (χ1n) is 7.47. The molecule has 1 unspecified atom stereocenters. The van der Waals surface area contributed by atoms with Crippen LogP contribution in [0.2, 0.25) is 0 Å². The van der Waals surface area contributed by atoms with E-state index < -0.39 is 6.10 Å². The van der Waals surface area contributed by atoms with Crippen LogP contribution in [-0.4, -0.2) is 55.4 Å². The maximum absolute atomic E-state index is 9.77. The van der Waals surface area contributed by atoms with Crippen molar-refractivity contribution in [3.05, 3.63) is 24.2 Å². The van der Waals surface area contributed by atoms with Crippen molar-refractivity contribution in [2.75, 3.05) is 39.3 Å². The second-order valence-corrected chi connectivity index (χ2v) is 4.89. The van der Waals surface area contributed by atoms with Crippen molar-refractivity contribution in [1.82, 2.24) is 10.2 Å². The molecule has 0 saturated heterocycles. The molecule has 0 bridgehead atoms. The molecule has 0 aliphatic carbocycles. The van der Waals surface area contributed by atoms with Crippen LogP contribution in [-0.2, 0) is 11.3 Å². The zero-order valence-electron chi connectivity index (χ0n) is 12.7. The van der Waals surface area contributed by atoms with E-state index >= 15 is 0 Å². The second kappa shape index (κ2) is 10.9. The lowest BCUT2D eigenvalue weighted by atomic mass is 10.3. The van der Waals surface area contributed by atoms with E-state index in [1.54, 1.807) is 6.26 Å². The Morgan fingerprint density at radius 1 is 1.40 bits per heavy atom. The van der Waals surface area contributed by atoms with Gasteiger partial charge in [0.1, 0.15) is 12.4 Å². The van der Waals surface area contributed by atoms with Gasteiger partial charge in [-0.2, -0.15) is 0 Å². The van der Waals surface area contributed by atoms with E-state index in [9.17, 15) is 5.11 Å². The van der Waals surface area contributed by atoms with Gasteiger partial charge in [0.05, 0.1) is 19.0 Å². The average Bonchev–Trinajstić information content (AvgIpc) is 2.95. The normalized spacial score (nSPS) is 13.0. The smallest absolute Gasteiger partial charge is 0.129 e. The highest BCUT2D eigenvalue weighted by Gasteiger charge is 2.05. The minimum atomic E-state index is -0.480. The van der Waals surface area contributed by atoms with Gasteiger partial charge in [0, 0.05) is 19.6 Å². The summed E-state index contributed by atoms with van der Waals surface area (Å²) in [6.07, 6.45) is 2.31. The summed E-state index contributed by atoms with van der Waals surface area (Å²) in [6.45, 7) is 9.76. The largest absolute Gasteiger partial charge is 0.467 e. The van der Waals surface area contributed by atoms with Crippen molar-refractivity contribution in [2.45, 2.75) is 33.0 Å². The molecule has 20 heavy (non-hydrogen) atoms. The van der Waals surface area contributed by atoms with Gasteiger partial charge in [-0.1, -0.05) is 13.8 Å². The summed E-state index contributed by atoms with van der Waals surface area (Å²) in [5.41, 5.74) is 0. The van der Waals surface area contributed by atoms with Crippen molar-refractivity contribution in [3.8, 4) is 0 Å². The number of aliphatic hydroxyl groups excluding tert-OH is 1. The Kier molecular flexibility index (Phi) is 9.32. The lowest BCUT2D eigenvalue weighted by Crippen LogP contribution is -2.37. The molecule has 116 valence electrons. The summed E-state index contributed by atoms with van der Waals surface area (Å²) >= 11 is 0. The molecule has 1 aromatic heterocycles. The fourth-order valence-corrected chi connectivity index (χ4v) is 2.00. The molecule has 5 heteroatoms. The number of hydrogen-bond acceptors (Lipinski definition) is 5. The molecule has 0 aromatic carbocycles. The van der Waals surface area contributed by atoms with E-state index in [0.717, 1.165) is 31.9 Å². The fourth-order valence-electron chi connectivity index (χ4n) is 2.00. The average molecular weight is 284 g/mol. The lowest BCUT2D eigenvalue weighted by Gasteiger charge is -2.20. The fraction of sp³-hybridized carbons (Fsp3) is 0.733. The molecular weight excluding hydrogens is 256 g/mol. The predicted octanol–water partition coefficient (Wildman–Crippen LogP) is 1.48. The van der Waals surface area contributed by atoms with E-state index in [2.05, 4.69) is 24.1 Å². The van der Waals surface area contributed by atoms with Gasteiger partial charge in [0.15, 0.2) is 0 Å². The van der Waals surface area contributed by atoms with Gasteiger partial charge in [-0.05, 0) is 31.6 Å². The van der Waals surface area contributed by atoms with Crippen LogP contribution in [0.4, 0.5) is 0 Å². The van der Waals surface area contributed by atoms with E-state index in [1.807, 2.05) is 12.1 Å². The van der Waals surface area contributed by atoms with Crippen LogP contribution in [0.1, 0.15) is 26.0 Å². The highest BCUT2D eigenvalue weighted by molar-refractivity contribution is 4.96. The van der Waals surface area contributed by atoms with Gasteiger partial charge in [-0.3, -0.25) is 0 Å². The van der Waals surface area contributed by atoms with Gasteiger partial charge in [-0.25, -0.2) is 0 Å². The molecule has 0 amide bonds. The summed E-state index contributed by atoms with van der Waals surface area (Å²) in [5, 5.41) is 13.0. The lowest BCUT2D eigenvalue weighted by molar-refractivity contribution is 0.0225. The number of ether oxygens (including phenoxy) is 1. The maximum Gasteiger partial charge on any atom is 0.129 e. The number of likely N-dealkylation sites (N-methyl/N-ethyl adjacent to an activating group) is 1. The molecule has 1 rings (SSSR count). The van der Waals surface area contributed by atoms with Crippen molar-refractivity contribution >= 4 is 0 Å². The molecule has 2 N–H and O–H groups in total. The molecule has 0 aliphatic rings. The molecule has 1 aromatic rings. The van der Waals surface area contributed by atoms with E-state index in [0.29, 0.717) is 19.8 Å². The maximum atomic E-state index is 9.77. The molecular formula is C15H28N2O3. The first-order chi connectivity index (χ1) is 9.76. The zero-order chi connectivity index (χ0) is 14.6. The molecule has 0 fully saturated rings. The number of hydrogen-bond donors (Lipinski definition) is 2. The molecule has 0 radical (unpaired) electrons. The first-order valence-corrected chi connectivity index (χ1v) is 7.47. The predicted molar refractivity (Wildman–Crippen MR) is 79.6 cm³/mol. The second-order valence-electron chi connectivity index (χ2n) is 4.89. The summed E-state index contributed by atoms with van der Waals surface area (Å²) in [7, 11) is 0. The summed E-state index contributed by atoms with van der Waals surface area (Å²) in [6, 6.07) is 3.68. The quantitative estimate of drug-likeness (QED) is 0.569. The first kappa shape index (κ1) is 17.2. The number of nitrogens with zero attached hydrogens (tertiary/aromatic N) is 1. The van der Waals surface area contributed by atoms with Crippen molar-refractivity contribution in [3.63, 3.8) is 0 Å². The molecule has 0 saturated carbocycles. The Morgan fingerprint density at radius 2 is 2.25 bits per heavy atom. The van der Waals surface area contributed by atoms with Gasteiger partial charge in [0.2, 0.25) is 0 Å². The number of rotatable bonds is 12. The monoisotopic (exact) mass is 284 g/mol. The van der Waals surface area contributed by atoms with E-state index in [1.165, 1.54) is 6.42 Å². The van der Waals surface area contributed by atoms with Gasteiger partial charge < -0.3 is 24.5 Å². The Morgan fingerprint density at radius 3 is 2.90 bits per heavy atom. The summed E-state index contributed by atoms with van der Waals surface area (Å²) in [4.78, 5) is 2.40. The third kappa shape index (κ3) is 7.65. The van der Waals surface area contributed by atoms with Crippen LogP contribution in [0.3, 0.4) is 0 Å². The SMILES string of the molecule is CCCN(CC)CCNCC(O)COCc1ccco1. The van der Waals surface area contributed by atoms with E-state index in [-0.39, 0.29) is 0 Å². The van der Waals surface area contributed by atoms with Gasteiger partial charge in [-0.15, -0.1) is 0 Å². The number of nitrogens with one attached hydrogen (secondary N) is 1. The third-order valence-corrected chi connectivity index (χ3v) is 3.11. The van der Waals surface area contributed by atoms with Crippen LogP contribution >= 0.6 is 0 Å².